The van der Waals surface area contributed by atoms with Crippen LogP contribution in [-0.4, -0.2) is 41.3 Å². The summed E-state index contributed by atoms with van der Waals surface area (Å²) in [4.78, 5) is 15.2. The largest absolute Gasteiger partial charge is 0.369 e. The van der Waals surface area contributed by atoms with Crippen molar-refractivity contribution in [1.29, 1.82) is 0 Å². The number of nitrogens with zero attached hydrogens (tertiary/aromatic N) is 3. The van der Waals surface area contributed by atoms with Gasteiger partial charge in [0.25, 0.3) is 10.0 Å². The van der Waals surface area contributed by atoms with Crippen molar-refractivity contribution in [2.45, 2.75) is 18.4 Å². The zero-order valence-corrected chi connectivity index (χ0v) is 12.2. The van der Waals surface area contributed by atoms with Crippen molar-refractivity contribution >= 4 is 27.5 Å². The van der Waals surface area contributed by atoms with Crippen LogP contribution in [0.3, 0.4) is 0 Å². The van der Waals surface area contributed by atoms with Gasteiger partial charge in [0.2, 0.25) is 10.9 Å². The molecule has 0 aromatic carbocycles. The molecule has 0 saturated carbocycles. The van der Waals surface area contributed by atoms with Crippen LogP contribution >= 0.6 is 11.6 Å². The van der Waals surface area contributed by atoms with Gasteiger partial charge >= 0.3 is 0 Å². The van der Waals surface area contributed by atoms with Crippen molar-refractivity contribution < 1.29 is 13.2 Å². The van der Waals surface area contributed by atoms with E-state index in [4.69, 9.17) is 17.3 Å². The van der Waals surface area contributed by atoms with Crippen LogP contribution in [0.1, 0.15) is 13.3 Å². The molecule has 1 aliphatic rings. The van der Waals surface area contributed by atoms with Crippen LogP contribution in [0.4, 0.5) is 0 Å². The fraction of sp³-hybridized carbons (Fsp3) is 0.600. The summed E-state index contributed by atoms with van der Waals surface area (Å²) >= 11 is 5.91. The molecule has 7 nitrogen and oxygen atoms in total. The lowest BCUT2D eigenvalue weighted by Gasteiger charge is -2.20. The number of carbonyl (C=O) groups is 1. The minimum absolute atomic E-state index is 0.0488. The number of sulfonamides is 1. The average molecular weight is 307 g/mol. The number of hydrogen-bond acceptors (Lipinski definition) is 4. The highest BCUT2D eigenvalue weighted by Gasteiger charge is 2.44. The Hall–Kier alpha value is -1.12. The van der Waals surface area contributed by atoms with Crippen molar-refractivity contribution in [3.8, 4) is 0 Å². The first-order valence-electron chi connectivity index (χ1n) is 5.65. The van der Waals surface area contributed by atoms with Crippen molar-refractivity contribution in [3.05, 3.63) is 11.5 Å². The summed E-state index contributed by atoms with van der Waals surface area (Å²) in [6, 6.07) is 0. The van der Waals surface area contributed by atoms with E-state index in [1.807, 2.05) is 0 Å². The number of nitrogens with two attached hydrogens (primary N) is 1. The van der Waals surface area contributed by atoms with E-state index in [2.05, 4.69) is 4.98 Å². The Kier molecular flexibility index (Phi) is 3.36. The maximum absolute atomic E-state index is 12.4. The fourth-order valence-electron chi connectivity index (χ4n) is 2.01. The smallest absolute Gasteiger partial charge is 0.263 e. The zero-order chi connectivity index (χ0) is 14.4. The lowest BCUT2D eigenvalue weighted by molar-refractivity contribution is -0.126. The molecule has 9 heteroatoms. The highest BCUT2D eigenvalue weighted by atomic mass is 35.5. The number of aromatic nitrogens is 2. The van der Waals surface area contributed by atoms with E-state index in [0.29, 0.717) is 6.42 Å². The van der Waals surface area contributed by atoms with Gasteiger partial charge in [-0.1, -0.05) is 11.6 Å². The number of rotatable bonds is 3. The summed E-state index contributed by atoms with van der Waals surface area (Å²) in [5.74, 6) is -0.502. The Morgan fingerprint density at radius 1 is 1.58 bits per heavy atom. The van der Waals surface area contributed by atoms with Gasteiger partial charge in [-0.3, -0.25) is 4.79 Å². The first-order chi connectivity index (χ1) is 8.68. The molecule has 1 aromatic rings. The van der Waals surface area contributed by atoms with Gasteiger partial charge < -0.3 is 10.3 Å². The second-order valence-corrected chi connectivity index (χ2v) is 7.18. The number of amides is 1. The average Bonchev–Trinajstić information content (AvgIpc) is 2.86. The third kappa shape index (κ3) is 2.24. The van der Waals surface area contributed by atoms with E-state index in [-0.39, 0.29) is 23.3 Å². The highest BCUT2D eigenvalue weighted by Crippen LogP contribution is 2.34. The Morgan fingerprint density at radius 3 is 2.63 bits per heavy atom. The molecule has 1 fully saturated rings. The van der Waals surface area contributed by atoms with E-state index in [1.165, 1.54) is 15.2 Å². The van der Waals surface area contributed by atoms with E-state index in [1.54, 1.807) is 14.0 Å². The van der Waals surface area contributed by atoms with Crippen LogP contribution in [0.15, 0.2) is 11.4 Å². The van der Waals surface area contributed by atoms with Crippen LogP contribution in [-0.2, 0) is 21.9 Å². The summed E-state index contributed by atoms with van der Waals surface area (Å²) < 4.78 is 27.4. The molecule has 1 atom stereocenters. The molecule has 2 rings (SSSR count). The second kappa shape index (κ2) is 4.46. The minimum atomic E-state index is -3.79. The molecule has 0 bridgehead atoms. The van der Waals surface area contributed by atoms with E-state index in [9.17, 15) is 13.2 Å². The molecule has 1 amide bonds. The lowest BCUT2D eigenvalue weighted by Crippen LogP contribution is -2.38. The van der Waals surface area contributed by atoms with Gasteiger partial charge in [-0.15, -0.1) is 0 Å². The number of carbonyl (C=O) groups excluding carboxylic acids is 1. The fourth-order valence-corrected chi connectivity index (χ4v) is 3.97. The highest BCUT2D eigenvalue weighted by molar-refractivity contribution is 7.89. The van der Waals surface area contributed by atoms with E-state index in [0.717, 1.165) is 0 Å². The lowest BCUT2D eigenvalue weighted by atomic mass is 9.89. The predicted octanol–water partition coefficient (Wildman–Crippen LogP) is -0.0405. The number of halogens is 1. The molecule has 1 saturated heterocycles. The number of primary amides is 1. The number of imidazole rings is 1. The predicted molar refractivity (Wildman–Crippen MR) is 68.9 cm³/mol. The van der Waals surface area contributed by atoms with Crippen molar-refractivity contribution in [2.24, 2.45) is 18.2 Å². The molecule has 19 heavy (non-hydrogen) atoms. The molecule has 0 spiro atoms. The van der Waals surface area contributed by atoms with Crippen LogP contribution in [0.5, 0.6) is 0 Å². The molecule has 1 aromatic heterocycles. The molecule has 1 aliphatic heterocycles. The first-order valence-corrected chi connectivity index (χ1v) is 7.47. The summed E-state index contributed by atoms with van der Waals surface area (Å²) in [6.45, 7) is 1.94. The van der Waals surface area contributed by atoms with Gasteiger partial charge in [0.05, 0.1) is 11.7 Å². The zero-order valence-electron chi connectivity index (χ0n) is 10.6. The normalized spacial score (nSPS) is 24.8. The number of aryl methyl sites for hydroxylation is 1. The van der Waals surface area contributed by atoms with Gasteiger partial charge in [-0.2, -0.15) is 4.31 Å². The third-order valence-electron chi connectivity index (χ3n) is 3.45. The summed E-state index contributed by atoms with van der Waals surface area (Å²) in [5, 5.41) is -0.141. The standard InChI is InChI=1S/C10H15ClN4O3S/c1-10(9(12)16)3-4-15(5-10)19(17,18)8-7(11)14(2)6-13-8/h6H,3-5H2,1-2H3,(H2,12,16). The van der Waals surface area contributed by atoms with Crippen LogP contribution < -0.4 is 5.73 Å². The molecule has 1 unspecified atom stereocenters. The van der Waals surface area contributed by atoms with Crippen molar-refractivity contribution in [1.82, 2.24) is 13.9 Å². The van der Waals surface area contributed by atoms with Gasteiger partial charge in [0.1, 0.15) is 5.15 Å². The van der Waals surface area contributed by atoms with Crippen molar-refractivity contribution in [2.75, 3.05) is 13.1 Å². The molecule has 106 valence electrons. The monoisotopic (exact) mass is 306 g/mol. The molecule has 2 heterocycles. The quantitative estimate of drug-likeness (QED) is 0.847. The number of hydrogen-bond donors (Lipinski definition) is 1. The van der Waals surface area contributed by atoms with Crippen LogP contribution in [0.2, 0.25) is 5.15 Å². The SMILES string of the molecule is Cn1cnc(S(=O)(=O)N2CCC(C)(C(N)=O)C2)c1Cl. The maximum Gasteiger partial charge on any atom is 0.263 e. The van der Waals surface area contributed by atoms with E-state index >= 15 is 0 Å². The van der Waals surface area contributed by atoms with Gasteiger partial charge in [0.15, 0.2) is 0 Å². The summed E-state index contributed by atoms with van der Waals surface area (Å²) in [6.07, 6.45) is 1.73. The minimum Gasteiger partial charge on any atom is -0.369 e. The molecule has 2 N–H and O–H groups in total. The van der Waals surface area contributed by atoms with Gasteiger partial charge in [-0.25, -0.2) is 13.4 Å². The summed E-state index contributed by atoms with van der Waals surface area (Å²) in [7, 11) is -2.19. The van der Waals surface area contributed by atoms with Crippen molar-refractivity contribution in [3.63, 3.8) is 0 Å². The molecule has 0 radical (unpaired) electrons. The Morgan fingerprint density at radius 2 is 2.21 bits per heavy atom. The van der Waals surface area contributed by atoms with Crippen LogP contribution in [0, 0.1) is 5.41 Å². The molecular weight excluding hydrogens is 292 g/mol. The topological polar surface area (TPSA) is 98.3 Å². The molecule has 0 aliphatic carbocycles. The van der Waals surface area contributed by atoms with E-state index < -0.39 is 21.3 Å². The second-order valence-electron chi connectivity index (χ2n) is 4.96. The Bertz CT molecular complexity index is 627. The Balaban J connectivity index is 2.33. The Labute approximate surface area is 116 Å². The maximum atomic E-state index is 12.4. The molecular formula is C10H15ClN4O3S. The van der Waals surface area contributed by atoms with Crippen LogP contribution in [0.25, 0.3) is 0 Å². The van der Waals surface area contributed by atoms with Gasteiger partial charge in [-0.05, 0) is 13.3 Å². The first kappa shape index (κ1) is 14.3. The third-order valence-corrected chi connectivity index (χ3v) is 5.79. The summed E-state index contributed by atoms with van der Waals surface area (Å²) in [5.41, 5.74) is 4.47. The van der Waals surface area contributed by atoms with Gasteiger partial charge in [0, 0.05) is 20.1 Å².